The summed E-state index contributed by atoms with van der Waals surface area (Å²) in [7, 11) is 3.84. The maximum atomic E-state index is 12.0. The molecule has 2 rings (SSSR count). The fraction of sp³-hybridized carbons (Fsp3) is 0.571. The average molecular weight is 295 g/mol. The highest BCUT2D eigenvalue weighted by molar-refractivity contribution is 5.84. The van der Waals surface area contributed by atoms with Crippen LogP contribution >= 0.6 is 0 Å². The van der Waals surface area contributed by atoms with Gasteiger partial charge in [0, 0.05) is 20.1 Å². The van der Waals surface area contributed by atoms with E-state index in [9.17, 15) is 9.59 Å². The summed E-state index contributed by atoms with van der Waals surface area (Å²) in [5, 5.41) is 11.5. The minimum absolute atomic E-state index is 0.124. The van der Waals surface area contributed by atoms with Crippen molar-refractivity contribution in [3.05, 3.63) is 23.7 Å². The monoisotopic (exact) mass is 295 g/mol. The first kappa shape index (κ1) is 15.4. The molecule has 21 heavy (non-hydrogen) atoms. The minimum Gasteiger partial charge on any atom is -0.475 e. The second-order valence-corrected chi connectivity index (χ2v) is 5.53. The first-order valence-corrected chi connectivity index (χ1v) is 6.95. The molecule has 7 heteroatoms. The van der Waals surface area contributed by atoms with Crippen LogP contribution in [0.3, 0.4) is 0 Å². The predicted octanol–water partition coefficient (Wildman–Crippen LogP) is 1.07. The van der Waals surface area contributed by atoms with Crippen LogP contribution in [-0.4, -0.2) is 60.6 Å². The highest BCUT2D eigenvalue weighted by atomic mass is 16.4. The zero-order valence-corrected chi connectivity index (χ0v) is 12.3. The van der Waals surface area contributed by atoms with Gasteiger partial charge in [-0.15, -0.1) is 0 Å². The van der Waals surface area contributed by atoms with Gasteiger partial charge in [-0.1, -0.05) is 0 Å². The van der Waals surface area contributed by atoms with Gasteiger partial charge in [-0.2, -0.15) is 0 Å². The summed E-state index contributed by atoms with van der Waals surface area (Å²) in [4.78, 5) is 26.6. The van der Waals surface area contributed by atoms with Crippen LogP contribution in [0, 0.1) is 5.92 Å². The quantitative estimate of drug-likeness (QED) is 0.848. The molecule has 2 amide bonds. The summed E-state index contributed by atoms with van der Waals surface area (Å²) in [6, 6.07) is 2.75. The molecule has 1 aromatic heterocycles. The molecule has 0 saturated carbocycles. The molecule has 1 saturated heterocycles. The van der Waals surface area contributed by atoms with Gasteiger partial charge in [-0.3, -0.25) is 0 Å². The van der Waals surface area contributed by atoms with Gasteiger partial charge in [0.25, 0.3) is 0 Å². The summed E-state index contributed by atoms with van der Waals surface area (Å²) in [5.74, 6) is -0.306. The van der Waals surface area contributed by atoms with Gasteiger partial charge >= 0.3 is 12.0 Å². The Labute approximate surface area is 123 Å². The molecule has 2 heterocycles. The van der Waals surface area contributed by atoms with Crippen molar-refractivity contribution in [2.24, 2.45) is 5.92 Å². The Kier molecular flexibility index (Phi) is 4.85. The first-order valence-electron chi connectivity index (χ1n) is 6.95. The second-order valence-electron chi connectivity index (χ2n) is 5.53. The molecule has 1 fully saturated rings. The predicted molar refractivity (Wildman–Crippen MR) is 76.1 cm³/mol. The van der Waals surface area contributed by atoms with Crippen LogP contribution < -0.4 is 5.32 Å². The first-order chi connectivity index (χ1) is 9.95. The largest absolute Gasteiger partial charge is 0.475 e. The summed E-state index contributed by atoms with van der Waals surface area (Å²) in [6.07, 6.45) is 1.11. The van der Waals surface area contributed by atoms with Gasteiger partial charge in [0.05, 0.1) is 6.54 Å². The topological polar surface area (TPSA) is 86.0 Å². The van der Waals surface area contributed by atoms with Crippen molar-refractivity contribution in [3.63, 3.8) is 0 Å². The van der Waals surface area contributed by atoms with E-state index in [-0.39, 0.29) is 18.3 Å². The van der Waals surface area contributed by atoms with Crippen molar-refractivity contribution < 1.29 is 19.1 Å². The number of hydrogen-bond donors (Lipinski definition) is 2. The van der Waals surface area contributed by atoms with Crippen molar-refractivity contribution >= 4 is 12.0 Å². The molecule has 1 unspecified atom stereocenters. The Morgan fingerprint density at radius 3 is 2.86 bits per heavy atom. The fourth-order valence-corrected chi connectivity index (χ4v) is 2.53. The van der Waals surface area contributed by atoms with E-state index in [0.29, 0.717) is 18.2 Å². The molecular weight excluding hydrogens is 274 g/mol. The smallest absolute Gasteiger partial charge is 0.371 e. The van der Waals surface area contributed by atoms with E-state index in [0.717, 1.165) is 19.5 Å². The third kappa shape index (κ3) is 4.22. The molecule has 1 aliphatic rings. The van der Waals surface area contributed by atoms with Crippen LogP contribution in [0.25, 0.3) is 0 Å². The third-order valence-electron chi connectivity index (χ3n) is 3.65. The molecule has 116 valence electrons. The number of urea groups is 1. The van der Waals surface area contributed by atoms with Gasteiger partial charge in [0.1, 0.15) is 5.76 Å². The second kappa shape index (κ2) is 6.62. The molecule has 1 aliphatic heterocycles. The number of furan rings is 1. The van der Waals surface area contributed by atoms with Crippen molar-refractivity contribution in [1.29, 1.82) is 0 Å². The van der Waals surface area contributed by atoms with Gasteiger partial charge in [-0.25, -0.2) is 9.59 Å². The Hall–Kier alpha value is -2.02. The average Bonchev–Trinajstić information content (AvgIpc) is 3.05. The lowest BCUT2D eigenvalue weighted by Gasteiger charge is -2.21. The standard InChI is InChI=1S/C14H21N3O4/c1-16-6-5-10(8-16)9-17(2)14(20)15-7-11-3-4-12(21-11)13(18)19/h3-4,10H,5-9H2,1-2H3,(H,15,20)(H,18,19). The lowest BCUT2D eigenvalue weighted by Crippen LogP contribution is -2.39. The Morgan fingerprint density at radius 2 is 2.29 bits per heavy atom. The highest BCUT2D eigenvalue weighted by Gasteiger charge is 2.22. The number of amides is 2. The Balaban J connectivity index is 1.76. The minimum atomic E-state index is -1.12. The van der Waals surface area contributed by atoms with Crippen LogP contribution in [0.1, 0.15) is 22.7 Å². The van der Waals surface area contributed by atoms with Gasteiger partial charge in [0.2, 0.25) is 5.76 Å². The van der Waals surface area contributed by atoms with E-state index in [1.54, 1.807) is 18.0 Å². The number of hydrogen-bond acceptors (Lipinski definition) is 4. The Morgan fingerprint density at radius 1 is 1.52 bits per heavy atom. The van der Waals surface area contributed by atoms with Gasteiger partial charge < -0.3 is 24.6 Å². The van der Waals surface area contributed by atoms with Crippen molar-refractivity contribution in [3.8, 4) is 0 Å². The summed E-state index contributed by atoms with van der Waals surface area (Å²) in [6.45, 7) is 2.98. The van der Waals surface area contributed by atoms with E-state index >= 15 is 0 Å². The number of carboxylic acids is 1. The van der Waals surface area contributed by atoms with E-state index in [1.165, 1.54) is 6.07 Å². The lowest BCUT2D eigenvalue weighted by atomic mass is 10.1. The van der Waals surface area contributed by atoms with Crippen molar-refractivity contribution in [1.82, 2.24) is 15.1 Å². The van der Waals surface area contributed by atoms with Crippen LogP contribution in [-0.2, 0) is 6.54 Å². The van der Waals surface area contributed by atoms with E-state index in [1.807, 2.05) is 0 Å². The molecular formula is C14H21N3O4. The zero-order valence-electron chi connectivity index (χ0n) is 12.3. The van der Waals surface area contributed by atoms with Crippen LogP contribution in [0.4, 0.5) is 4.79 Å². The number of nitrogens with zero attached hydrogens (tertiary/aromatic N) is 2. The number of nitrogens with one attached hydrogen (secondary N) is 1. The van der Waals surface area contributed by atoms with Crippen LogP contribution in [0.2, 0.25) is 0 Å². The zero-order chi connectivity index (χ0) is 15.4. The van der Waals surface area contributed by atoms with Gasteiger partial charge in [-0.05, 0) is 38.1 Å². The van der Waals surface area contributed by atoms with E-state index in [2.05, 4.69) is 17.3 Å². The van der Waals surface area contributed by atoms with E-state index < -0.39 is 5.97 Å². The number of likely N-dealkylation sites (tertiary alicyclic amines) is 1. The molecule has 2 N–H and O–H groups in total. The maximum Gasteiger partial charge on any atom is 0.371 e. The summed E-state index contributed by atoms with van der Waals surface area (Å²) < 4.78 is 5.08. The maximum absolute atomic E-state index is 12.0. The fourth-order valence-electron chi connectivity index (χ4n) is 2.53. The summed E-state index contributed by atoms with van der Waals surface area (Å²) in [5.41, 5.74) is 0. The molecule has 1 aromatic rings. The van der Waals surface area contributed by atoms with Crippen molar-refractivity contribution in [2.75, 3.05) is 33.7 Å². The van der Waals surface area contributed by atoms with Gasteiger partial charge in [0.15, 0.2) is 0 Å². The number of carboxylic acid groups (broad SMARTS) is 1. The van der Waals surface area contributed by atoms with Crippen LogP contribution in [0.15, 0.2) is 16.5 Å². The highest BCUT2D eigenvalue weighted by Crippen LogP contribution is 2.15. The van der Waals surface area contributed by atoms with Crippen molar-refractivity contribution in [2.45, 2.75) is 13.0 Å². The lowest BCUT2D eigenvalue weighted by molar-refractivity contribution is 0.0660. The molecule has 7 nitrogen and oxygen atoms in total. The molecule has 0 aromatic carbocycles. The number of carbonyl (C=O) groups excluding carboxylic acids is 1. The number of aromatic carboxylic acids is 1. The molecule has 0 spiro atoms. The Bertz CT molecular complexity index is 514. The molecule has 0 bridgehead atoms. The van der Waals surface area contributed by atoms with Crippen LogP contribution in [0.5, 0.6) is 0 Å². The molecule has 1 atom stereocenters. The SMILES string of the molecule is CN1CCC(CN(C)C(=O)NCc2ccc(C(=O)O)o2)C1. The molecule has 0 radical (unpaired) electrons. The van der Waals surface area contributed by atoms with E-state index in [4.69, 9.17) is 9.52 Å². The number of carbonyl (C=O) groups is 2. The normalized spacial score (nSPS) is 18.7. The molecule has 0 aliphatic carbocycles. The number of rotatable bonds is 5. The third-order valence-corrected chi connectivity index (χ3v) is 3.65. The summed E-state index contributed by atoms with van der Waals surface area (Å²) >= 11 is 0.